The number of pyridine rings is 1. The number of nitrogens with zero attached hydrogens (tertiary/aromatic N) is 1. The fourth-order valence-electron chi connectivity index (χ4n) is 0.634. The molecule has 0 saturated heterocycles. The number of aromatic nitrogens is 1. The average Bonchev–Trinajstić information content (AvgIpc) is 2.05. The molecule has 5 nitrogen and oxygen atoms in total. The molecule has 4 N–H and O–H groups in total. The molecule has 58 valence electrons. The zero-order valence-electron chi connectivity index (χ0n) is 5.61. The van der Waals surface area contributed by atoms with Crippen LogP contribution in [0.2, 0.25) is 0 Å². The number of carbonyl (C=O) groups is 1. The third-order valence-corrected chi connectivity index (χ3v) is 1.12. The van der Waals surface area contributed by atoms with Crippen LogP contribution in [0.4, 0.5) is 5.82 Å². The molecular weight excluding hydrogens is 146 g/mol. The first-order valence-corrected chi connectivity index (χ1v) is 2.91. The number of anilines is 1. The molecule has 0 aliphatic rings. The Bertz CT molecular complexity index is 274. The van der Waals surface area contributed by atoms with Crippen LogP contribution in [0.15, 0.2) is 18.2 Å². The van der Waals surface area contributed by atoms with E-state index in [0.717, 1.165) is 0 Å². The van der Waals surface area contributed by atoms with Crippen molar-refractivity contribution in [3.63, 3.8) is 0 Å². The first-order valence-electron chi connectivity index (χ1n) is 2.91. The summed E-state index contributed by atoms with van der Waals surface area (Å²) < 4.78 is 0. The Hall–Kier alpha value is -1.62. The molecule has 0 aliphatic carbocycles. The van der Waals surface area contributed by atoms with Gasteiger partial charge in [0.1, 0.15) is 5.82 Å². The fraction of sp³-hybridized carbons (Fsp3) is 0. The lowest BCUT2D eigenvalue weighted by Crippen LogP contribution is -2.10. The van der Waals surface area contributed by atoms with E-state index >= 15 is 0 Å². The summed E-state index contributed by atoms with van der Waals surface area (Å²) in [6.45, 7) is 0. The number of nitrogen functional groups attached to an aromatic ring is 1. The normalized spacial score (nSPS) is 9.18. The maximum absolute atomic E-state index is 10.3. The number of hydrazine groups is 1. The van der Waals surface area contributed by atoms with Gasteiger partial charge < -0.3 is 10.5 Å². The van der Waals surface area contributed by atoms with E-state index in [4.69, 9.17) is 10.9 Å². The van der Waals surface area contributed by atoms with Gasteiger partial charge in [-0.05, 0) is 12.1 Å². The Balaban J connectivity index is 3.01. The molecule has 0 atom stereocenters. The number of carboxylic acid groups (broad SMARTS) is 1. The van der Waals surface area contributed by atoms with E-state index in [1.54, 1.807) is 12.1 Å². The van der Waals surface area contributed by atoms with Gasteiger partial charge in [-0.1, -0.05) is 6.07 Å². The summed E-state index contributed by atoms with van der Waals surface area (Å²) in [5, 5.41) is 8.47. The van der Waals surface area contributed by atoms with Crippen LogP contribution in [0.25, 0.3) is 0 Å². The van der Waals surface area contributed by atoms with Gasteiger partial charge in [0.2, 0.25) is 0 Å². The second kappa shape index (κ2) is 2.98. The summed E-state index contributed by atoms with van der Waals surface area (Å²) >= 11 is 0. The number of carboxylic acids is 1. The molecular formula is C6H7N3O2. The third-order valence-electron chi connectivity index (χ3n) is 1.12. The predicted octanol–water partition coefficient (Wildman–Crippen LogP) is 0.0654. The Kier molecular flexibility index (Phi) is 2.03. The molecule has 1 aromatic rings. The molecule has 0 aromatic carbocycles. The molecule has 0 saturated carbocycles. The SMILES string of the molecule is NNc1cccc(C(=O)O)n1. The van der Waals surface area contributed by atoms with Crippen LogP contribution in [0.5, 0.6) is 0 Å². The number of hydrogen-bond donors (Lipinski definition) is 3. The van der Waals surface area contributed by atoms with Crippen molar-refractivity contribution in [2.75, 3.05) is 5.43 Å². The minimum absolute atomic E-state index is 0.0274. The van der Waals surface area contributed by atoms with E-state index in [1.165, 1.54) is 6.07 Å². The highest BCUT2D eigenvalue weighted by Crippen LogP contribution is 2.02. The van der Waals surface area contributed by atoms with Crippen LogP contribution in [-0.2, 0) is 0 Å². The first kappa shape index (κ1) is 7.49. The van der Waals surface area contributed by atoms with Gasteiger partial charge in [0, 0.05) is 0 Å². The van der Waals surface area contributed by atoms with Crippen LogP contribution >= 0.6 is 0 Å². The summed E-state index contributed by atoms with van der Waals surface area (Å²) in [6, 6.07) is 4.53. The molecule has 0 amide bonds. The second-order valence-electron chi connectivity index (χ2n) is 1.86. The largest absolute Gasteiger partial charge is 0.477 e. The Morgan fingerprint density at radius 2 is 2.36 bits per heavy atom. The van der Waals surface area contributed by atoms with Gasteiger partial charge in [-0.25, -0.2) is 15.6 Å². The molecule has 0 bridgehead atoms. The number of nitrogens with one attached hydrogen (secondary N) is 1. The summed E-state index contributed by atoms with van der Waals surface area (Å²) in [5.41, 5.74) is 2.22. The van der Waals surface area contributed by atoms with E-state index in [1.807, 2.05) is 0 Å². The van der Waals surface area contributed by atoms with Crippen LogP contribution in [0.1, 0.15) is 10.5 Å². The average molecular weight is 153 g/mol. The van der Waals surface area contributed by atoms with E-state index in [0.29, 0.717) is 5.82 Å². The smallest absolute Gasteiger partial charge is 0.354 e. The molecule has 11 heavy (non-hydrogen) atoms. The van der Waals surface area contributed by atoms with Crippen molar-refractivity contribution in [3.8, 4) is 0 Å². The van der Waals surface area contributed by atoms with Gasteiger partial charge in [0.15, 0.2) is 5.69 Å². The van der Waals surface area contributed by atoms with Crippen molar-refractivity contribution in [1.29, 1.82) is 0 Å². The van der Waals surface area contributed by atoms with Crippen LogP contribution < -0.4 is 11.3 Å². The summed E-state index contributed by atoms with van der Waals surface area (Å²) in [4.78, 5) is 14.0. The monoisotopic (exact) mass is 153 g/mol. The van der Waals surface area contributed by atoms with Gasteiger partial charge in [-0.3, -0.25) is 0 Å². The quantitative estimate of drug-likeness (QED) is 0.413. The van der Waals surface area contributed by atoms with Gasteiger partial charge in [0.05, 0.1) is 0 Å². The predicted molar refractivity (Wildman–Crippen MR) is 39.0 cm³/mol. The molecule has 1 rings (SSSR count). The summed E-state index contributed by atoms with van der Waals surface area (Å²) in [5.74, 6) is 4.28. The highest BCUT2D eigenvalue weighted by molar-refractivity contribution is 5.85. The molecule has 0 fully saturated rings. The van der Waals surface area contributed by atoms with Crippen molar-refractivity contribution >= 4 is 11.8 Å². The van der Waals surface area contributed by atoms with E-state index in [2.05, 4.69) is 10.4 Å². The number of nitrogens with two attached hydrogens (primary N) is 1. The molecule has 0 unspecified atom stereocenters. The fourth-order valence-corrected chi connectivity index (χ4v) is 0.634. The lowest BCUT2D eigenvalue weighted by atomic mass is 10.3. The maximum atomic E-state index is 10.3. The van der Waals surface area contributed by atoms with Gasteiger partial charge >= 0.3 is 5.97 Å². The highest BCUT2D eigenvalue weighted by Gasteiger charge is 2.02. The number of hydrogen-bond acceptors (Lipinski definition) is 4. The zero-order valence-corrected chi connectivity index (χ0v) is 5.61. The Morgan fingerprint density at radius 3 is 2.91 bits per heavy atom. The standard InChI is InChI=1S/C6H7N3O2/c7-9-5-3-1-2-4(8-5)6(10)11/h1-3H,7H2,(H,8,9)(H,10,11). The maximum Gasteiger partial charge on any atom is 0.354 e. The summed E-state index contributed by atoms with van der Waals surface area (Å²) in [7, 11) is 0. The second-order valence-corrected chi connectivity index (χ2v) is 1.86. The minimum Gasteiger partial charge on any atom is -0.477 e. The van der Waals surface area contributed by atoms with Crippen molar-refractivity contribution in [2.45, 2.75) is 0 Å². The zero-order chi connectivity index (χ0) is 8.27. The van der Waals surface area contributed by atoms with Crippen LogP contribution in [0, 0.1) is 0 Å². The molecule has 0 aliphatic heterocycles. The number of aromatic carboxylic acids is 1. The molecule has 5 heteroatoms. The molecule has 0 spiro atoms. The van der Waals surface area contributed by atoms with E-state index < -0.39 is 5.97 Å². The van der Waals surface area contributed by atoms with Crippen molar-refractivity contribution in [3.05, 3.63) is 23.9 Å². The Morgan fingerprint density at radius 1 is 1.64 bits per heavy atom. The lowest BCUT2D eigenvalue weighted by molar-refractivity contribution is 0.0690. The highest BCUT2D eigenvalue weighted by atomic mass is 16.4. The lowest BCUT2D eigenvalue weighted by Gasteiger charge is -1.98. The third kappa shape index (κ3) is 1.65. The first-order chi connectivity index (χ1) is 5.24. The van der Waals surface area contributed by atoms with Crippen LogP contribution in [0.3, 0.4) is 0 Å². The summed E-state index contributed by atoms with van der Waals surface area (Å²) in [6.07, 6.45) is 0. The molecule has 1 heterocycles. The van der Waals surface area contributed by atoms with Crippen molar-refractivity contribution in [1.82, 2.24) is 4.98 Å². The van der Waals surface area contributed by atoms with Gasteiger partial charge in [-0.2, -0.15) is 0 Å². The molecule has 1 aromatic heterocycles. The van der Waals surface area contributed by atoms with Crippen molar-refractivity contribution < 1.29 is 9.90 Å². The minimum atomic E-state index is -1.07. The Labute approximate surface area is 62.8 Å². The number of rotatable bonds is 2. The van der Waals surface area contributed by atoms with Gasteiger partial charge in [0.25, 0.3) is 0 Å². The van der Waals surface area contributed by atoms with Gasteiger partial charge in [-0.15, -0.1) is 0 Å². The van der Waals surface area contributed by atoms with Crippen molar-refractivity contribution in [2.24, 2.45) is 5.84 Å². The molecule has 0 radical (unpaired) electrons. The van der Waals surface area contributed by atoms with E-state index in [-0.39, 0.29) is 5.69 Å². The van der Waals surface area contributed by atoms with E-state index in [9.17, 15) is 4.79 Å². The topological polar surface area (TPSA) is 88.2 Å². The van der Waals surface area contributed by atoms with Crippen LogP contribution in [-0.4, -0.2) is 16.1 Å².